The molecule has 5 atom stereocenters. The third-order valence-corrected chi connectivity index (χ3v) is 3.83. The molecule has 1 aliphatic heterocycles. The van der Waals surface area contributed by atoms with Gasteiger partial charge in [0.1, 0.15) is 30.1 Å². The maximum Gasteiger partial charge on any atom is 0.269 e. The first-order valence-electron chi connectivity index (χ1n) is 7.70. The predicted molar refractivity (Wildman–Crippen MR) is 83.7 cm³/mol. The standard InChI is InChI=1S/C15H20N2O8/c1-2-11(19)16-12-14(21)13(20)10(7-18)25-15(12)24-9-5-3-8(4-6-9)17(22)23/h3-6,10,12-15,18,20-21H,2,7H2,1H3,(H,16,19)/t10-,12+,13+,14+,15-/m0/s1. The number of nitrogens with zero attached hydrogens (tertiary/aromatic N) is 1. The van der Waals surface area contributed by atoms with Gasteiger partial charge in [-0.25, -0.2) is 0 Å². The molecule has 1 aliphatic rings. The summed E-state index contributed by atoms with van der Waals surface area (Å²) < 4.78 is 11.0. The van der Waals surface area contributed by atoms with Crippen LogP contribution < -0.4 is 10.1 Å². The van der Waals surface area contributed by atoms with Gasteiger partial charge < -0.3 is 30.1 Å². The van der Waals surface area contributed by atoms with Crippen LogP contribution in [0, 0.1) is 10.1 Å². The average molecular weight is 356 g/mol. The van der Waals surface area contributed by atoms with Crippen molar-refractivity contribution in [2.45, 2.75) is 44.0 Å². The fraction of sp³-hybridized carbons (Fsp3) is 0.533. The first kappa shape index (κ1) is 19.1. The van der Waals surface area contributed by atoms with Crippen LogP contribution in [0.1, 0.15) is 13.3 Å². The Balaban J connectivity index is 2.19. The zero-order valence-corrected chi connectivity index (χ0v) is 13.4. The molecule has 1 heterocycles. The molecule has 0 bridgehead atoms. The molecule has 0 radical (unpaired) electrons. The number of amides is 1. The molecule has 0 saturated carbocycles. The average Bonchev–Trinajstić information content (AvgIpc) is 2.61. The number of aliphatic hydroxyl groups excluding tert-OH is 3. The van der Waals surface area contributed by atoms with Crippen molar-refractivity contribution in [2.24, 2.45) is 0 Å². The Morgan fingerprint density at radius 3 is 2.48 bits per heavy atom. The lowest BCUT2D eigenvalue weighted by Gasteiger charge is -2.42. The highest BCUT2D eigenvalue weighted by atomic mass is 16.7. The molecule has 0 unspecified atom stereocenters. The summed E-state index contributed by atoms with van der Waals surface area (Å²) in [7, 11) is 0. The number of rotatable bonds is 6. The minimum absolute atomic E-state index is 0.128. The zero-order chi connectivity index (χ0) is 18.6. The fourth-order valence-electron chi connectivity index (χ4n) is 2.40. The van der Waals surface area contributed by atoms with E-state index in [2.05, 4.69) is 5.32 Å². The van der Waals surface area contributed by atoms with E-state index in [1.165, 1.54) is 24.3 Å². The Hall–Kier alpha value is -2.27. The van der Waals surface area contributed by atoms with Crippen LogP contribution in [0.15, 0.2) is 24.3 Å². The van der Waals surface area contributed by atoms with Crippen LogP contribution in [-0.2, 0) is 9.53 Å². The van der Waals surface area contributed by atoms with Gasteiger partial charge in [0.15, 0.2) is 0 Å². The Morgan fingerprint density at radius 2 is 1.96 bits per heavy atom. The van der Waals surface area contributed by atoms with Crippen LogP contribution in [0.4, 0.5) is 5.69 Å². The quantitative estimate of drug-likeness (QED) is 0.386. The highest BCUT2D eigenvalue weighted by molar-refractivity contribution is 5.76. The Kier molecular flexibility index (Phi) is 6.26. The van der Waals surface area contributed by atoms with Gasteiger partial charge in [-0.3, -0.25) is 14.9 Å². The molecule has 10 nitrogen and oxygen atoms in total. The lowest BCUT2D eigenvalue weighted by molar-refractivity contribution is -0.384. The number of non-ortho nitro benzene ring substituents is 1. The van der Waals surface area contributed by atoms with Gasteiger partial charge >= 0.3 is 0 Å². The van der Waals surface area contributed by atoms with Crippen molar-refractivity contribution in [2.75, 3.05) is 6.61 Å². The third kappa shape index (κ3) is 4.42. The molecule has 1 aromatic carbocycles. The van der Waals surface area contributed by atoms with E-state index >= 15 is 0 Å². The number of benzene rings is 1. The number of nitro groups is 1. The van der Waals surface area contributed by atoms with Crippen LogP contribution in [0.25, 0.3) is 0 Å². The lowest BCUT2D eigenvalue weighted by Crippen LogP contribution is -2.65. The van der Waals surface area contributed by atoms with Gasteiger partial charge in [-0.2, -0.15) is 0 Å². The van der Waals surface area contributed by atoms with Crippen molar-refractivity contribution in [3.63, 3.8) is 0 Å². The SMILES string of the molecule is CCC(=O)N[C@H]1[C@@H](Oc2ccc([N+](=O)[O-])cc2)O[C@@H](CO)[C@@H](O)[C@@H]1O. The monoisotopic (exact) mass is 356 g/mol. The second-order valence-corrected chi connectivity index (χ2v) is 5.52. The predicted octanol–water partition coefficient (Wildman–Crippen LogP) is -0.693. The molecule has 1 amide bonds. The summed E-state index contributed by atoms with van der Waals surface area (Å²) in [5.74, 6) is -0.189. The molecule has 0 aromatic heterocycles. The normalized spacial score (nSPS) is 29.0. The summed E-state index contributed by atoms with van der Waals surface area (Å²) in [5, 5.41) is 42.6. The van der Waals surface area contributed by atoms with Crippen molar-refractivity contribution < 1.29 is 34.5 Å². The summed E-state index contributed by atoms with van der Waals surface area (Å²) in [6.07, 6.45) is -5.00. The van der Waals surface area contributed by atoms with Crippen LogP contribution in [0.2, 0.25) is 0 Å². The van der Waals surface area contributed by atoms with Gasteiger partial charge in [0.2, 0.25) is 12.2 Å². The molecule has 1 saturated heterocycles. The van der Waals surface area contributed by atoms with Gasteiger partial charge in [-0.15, -0.1) is 0 Å². The van der Waals surface area contributed by atoms with Gasteiger partial charge in [-0.05, 0) is 12.1 Å². The number of ether oxygens (including phenoxy) is 2. The van der Waals surface area contributed by atoms with E-state index in [0.29, 0.717) is 0 Å². The minimum atomic E-state index is -1.43. The number of carbonyl (C=O) groups is 1. The molecule has 4 N–H and O–H groups in total. The number of carbonyl (C=O) groups excluding carboxylic acids is 1. The van der Waals surface area contributed by atoms with E-state index < -0.39 is 42.2 Å². The Labute approximate surface area is 143 Å². The van der Waals surface area contributed by atoms with E-state index in [0.717, 1.165) is 0 Å². The van der Waals surface area contributed by atoms with E-state index in [1.54, 1.807) is 6.92 Å². The minimum Gasteiger partial charge on any atom is -0.463 e. The topological polar surface area (TPSA) is 151 Å². The van der Waals surface area contributed by atoms with Crippen LogP contribution in [0.5, 0.6) is 5.75 Å². The Bertz CT molecular complexity index is 608. The molecule has 2 rings (SSSR count). The van der Waals surface area contributed by atoms with Crippen molar-refractivity contribution in [1.29, 1.82) is 0 Å². The molecule has 138 valence electrons. The van der Waals surface area contributed by atoms with E-state index in [1.807, 2.05) is 0 Å². The molecule has 0 aliphatic carbocycles. The number of nitrogens with one attached hydrogen (secondary N) is 1. The van der Waals surface area contributed by atoms with Gasteiger partial charge in [0.25, 0.3) is 5.69 Å². The summed E-state index contributed by atoms with van der Waals surface area (Å²) in [4.78, 5) is 21.8. The molecular weight excluding hydrogens is 336 g/mol. The largest absolute Gasteiger partial charge is 0.463 e. The second kappa shape index (κ2) is 8.21. The zero-order valence-electron chi connectivity index (χ0n) is 13.4. The molecule has 0 spiro atoms. The molecule has 1 fully saturated rings. The van der Waals surface area contributed by atoms with E-state index in [4.69, 9.17) is 9.47 Å². The first-order valence-corrected chi connectivity index (χ1v) is 7.70. The summed E-state index contributed by atoms with van der Waals surface area (Å²) in [5.41, 5.74) is -0.128. The van der Waals surface area contributed by atoms with Crippen LogP contribution in [0.3, 0.4) is 0 Å². The summed E-state index contributed by atoms with van der Waals surface area (Å²) in [6.45, 7) is 1.05. The summed E-state index contributed by atoms with van der Waals surface area (Å²) in [6, 6.07) is 4.05. The molecule has 1 aromatic rings. The third-order valence-electron chi connectivity index (χ3n) is 3.83. The van der Waals surface area contributed by atoms with Gasteiger partial charge in [0.05, 0.1) is 11.5 Å². The number of aliphatic hydroxyl groups is 3. The van der Waals surface area contributed by atoms with Crippen molar-refractivity contribution in [3.05, 3.63) is 34.4 Å². The second-order valence-electron chi connectivity index (χ2n) is 5.52. The van der Waals surface area contributed by atoms with Crippen LogP contribution in [-0.4, -0.2) is 63.4 Å². The lowest BCUT2D eigenvalue weighted by atomic mass is 9.97. The molecule has 25 heavy (non-hydrogen) atoms. The van der Waals surface area contributed by atoms with Crippen molar-refractivity contribution in [1.82, 2.24) is 5.32 Å². The van der Waals surface area contributed by atoms with Gasteiger partial charge in [-0.1, -0.05) is 6.92 Å². The highest BCUT2D eigenvalue weighted by Crippen LogP contribution is 2.25. The van der Waals surface area contributed by atoms with Crippen molar-refractivity contribution >= 4 is 11.6 Å². The highest BCUT2D eigenvalue weighted by Gasteiger charge is 2.46. The first-order chi connectivity index (χ1) is 11.9. The maximum absolute atomic E-state index is 11.7. The van der Waals surface area contributed by atoms with Gasteiger partial charge in [0, 0.05) is 18.6 Å². The van der Waals surface area contributed by atoms with E-state index in [9.17, 15) is 30.2 Å². The Morgan fingerprint density at radius 1 is 1.32 bits per heavy atom. The summed E-state index contributed by atoms with van der Waals surface area (Å²) >= 11 is 0. The smallest absolute Gasteiger partial charge is 0.269 e. The number of nitro benzene ring substituents is 1. The molecule has 10 heteroatoms. The molecular formula is C15H20N2O8. The fourth-order valence-corrected chi connectivity index (χ4v) is 2.40. The number of hydrogen-bond acceptors (Lipinski definition) is 8. The van der Waals surface area contributed by atoms with E-state index in [-0.39, 0.29) is 23.8 Å². The van der Waals surface area contributed by atoms with Crippen molar-refractivity contribution in [3.8, 4) is 5.75 Å². The van der Waals surface area contributed by atoms with Crippen LogP contribution >= 0.6 is 0 Å². The number of hydrogen-bond donors (Lipinski definition) is 4. The maximum atomic E-state index is 11.7.